The van der Waals surface area contributed by atoms with Crippen LogP contribution in [0.5, 0.6) is 0 Å². The summed E-state index contributed by atoms with van der Waals surface area (Å²) in [6, 6.07) is 9.98. The largest absolute Gasteiger partial charge is 0.457 e. The molecule has 3 nitrogen and oxygen atoms in total. The molecule has 0 radical (unpaired) electrons. The summed E-state index contributed by atoms with van der Waals surface area (Å²) in [5, 5.41) is 6.33. The van der Waals surface area contributed by atoms with Crippen molar-refractivity contribution >= 4 is 43.3 Å². The van der Waals surface area contributed by atoms with Crippen molar-refractivity contribution in [2.24, 2.45) is 0 Å². The minimum atomic E-state index is -0.112. The second-order valence-corrected chi connectivity index (χ2v) is 6.10. The summed E-state index contributed by atoms with van der Waals surface area (Å²) in [4.78, 5) is 11.9. The lowest BCUT2D eigenvalue weighted by atomic mass is 10.1. The van der Waals surface area contributed by atoms with Gasteiger partial charge < -0.3 is 9.73 Å². The molecule has 20 heavy (non-hydrogen) atoms. The maximum Gasteiger partial charge on any atom is 0.254 e. The number of nitrogens with one attached hydrogen (secondary N) is 1. The monoisotopic (exact) mass is 349 g/mol. The summed E-state index contributed by atoms with van der Waals surface area (Å²) >= 11 is 4.92. The minimum Gasteiger partial charge on any atom is -0.457 e. The van der Waals surface area contributed by atoms with Crippen molar-refractivity contribution in [2.75, 3.05) is 6.54 Å². The number of carbonyl (C=O) groups excluding carboxylic acids is 1. The SMILES string of the molecule is O=C(NCCc1csc2ccccc12)c1coc(Br)c1. The van der Waals surface area contributed by atoms with Gasteiger partial charge in [-0.15, -0.1) is 11.3 Å². The molecule has 2 heterocycles. The first-order valence-electron chi connectivity index (χ1n) is 6.21. The van der Waals surface area contributed by atoms with Gasteiger partial charge in [-0.3, -0.25) is 4.79 Å². The van der Waals surface area contributed by atoms with Gasteiger partial charge in [0.1, 0.15) is 6.26 Å². The zero-order valence-corrected chi connectivity index (χ0v) is 13.0. The zero-order valence-electron chi connectivity index (χ0n) is 10.6. The van der Waals surface area contributed by atoms with E-state index in [0.717, 1.165) is 6.42 Å². The van der Waals surface area contributed by atoms with Crippen LogP contribution in [-0.4, -0.2) is 12.5 Å². The lowest BCUT2D eigenvalue weighted by molar-refractivity contribution is 0.0953. The molecule has 0 spiro atoms. The molecule has 1 N–H and O–H groups in total. The highest BCUT2D eigenvalue weighted by Crippen LogP contribution is 2.25. The van der Waals surface area contributed by atoms with Gasteiger partial charge in [-0.05, 0) is 44.7 Å². The summed E-state index contributed by atoms with van der Waals surface area (Å²) in [6.45, 7) is 0.613. The molecule has 0 aliphatic heterocycles. The maximum atomic E-state index is 11.9. The molecular weight excluding hydrogens is 338 g/mol. The Morgan fingerprint density at radius 3 is 3.00 bits per heavy atom. The molecule has 0 bridgehead atoms. The number of benzene rings is 1. The van der Waals surface area contributed by atoms with E-state index in [2.05, 4.69) is 38.8 Å². The lowest BCUT2D eigenvalue weighted by Crippen LogP contribution is -2.25. The smallest absolute Gasteiger partial charge is 0.254 e. The molecule has 0 saturated heterocycles. The summed E-state index contributed by atoms with van der Waals surface area (Å²) in [5.74, 6) is -0.112. The molecule has 0 aliphatic carbocycles. The molecule has 0 fully saturated rings. The Morgan fingerprint density at radius 2 is 2.20 bits per heavy atom. The number of rotatable bonds is 4. The quantitative estimate of drug-likeness (QED) is 0.765. The van der Waals surface area contributed by atoms with Crippen molar-refractivity contribution < 1.29 is 9.21 Å². The number of amides is 1. The Balaban J connectivity index is 1.61. The van der Waals surface area contributed by atoms with Gasteiger partial charge in [0.2, 0.25) is 0 Å². The third kappa shape index (κ3) is 2.78. The van der Waals surface area contributed by atoms with E-state index in [1.807, 2.05) is 12.1 Å². The van der Waals surface area contributed by atoms with E-state index in [1.54, 1.807) is 17.4 Å². The number of furan rings is 1. The number of hydrogen-bond acceptors (Lipinski definition) is 3. The zero-order chi connectivity index (χ0) is 13.9. The molecule has 1 amide bonds. The molecular formula is C15H12BrNO2S. The van der Waals surface area contributed by atoms with Crippen LogP contribution in [0.25, 0.3) is 10.1 Å². The van der Waals surface area contributed by atoms with Gasteiger partial charge in [-0.2, -0.15) is 0 Å². The highest BCUT2D eigenvalue weighted by molar-refractivity contribution is 9.10. The second kappa shape index (κ2) is 5.81. The molecule has 0 atom stereocenters. The second-order valence-electron chi connectivity index (χ2n) is 4.40. The first-order chi connectivity index (χ1) is 9.74. The predicted molar refractivity (Wildman–Crippen MR) is 84.3 cm³/mol. The molecule has 102 valence electrons. The fraction of sp³-hybridized carbons (Fsp3) is 0.133. The van der Waals surface area contributed by atoms with E-state index < -0.39 is 0 Å². The summed E-state index contributed by atoms with van der Waals surface area (Å²) in [6.07, 6.45) is 2.27. The molecule has 3 rings (SSSR count). The van der Waals surface area contributed by atoms with E-state index in [9.17, 15) is 4.79 Å². The number of halogens is 1. The van der Waals surface area contributed by atoms with Crippen LogP contribution in [0.3, 0.4) is 0 Å². The van der Waals surface area contributed by atoms with Crippen molar-refractivity contribution in [3.05, 3.63) is 57.8 Å². The Bertz CT molecular complexity index is 747. The van der Waals surface area contributed by atoms with Crippen LogP contribution >= 0.6 is 27.3 Å². The summed E-state index contributed by atoms with van der Waals surface area (Å²) in [5.41, 5.74) is 1.81. The molecule has 0 unspecified atom stereocenters. The first kappa shape index (κ1) is 13.4. The summed E-state index contributed by atoms with van der Waals surface area (Å²) in [7, 11) is 0. The van der Waals surface area contributed by atoms with E-state index >= 15 is 0 Å². The standard InChI is InChI=1S/C15H12BrNO2S/c16-14-7-11(8-19-14)15(18)17-6-5-10-9-20-13-4-2-1-3-12(10)13/h1-4,7-9H,5-6H2,(H,17,18). The highest BCUT2D eigenvalue weighted by Gasteiger charge is 2.09. The van der Waals surface area contributed by atoms with Crippen molar-refractivity contribution in [1.29, 1.82) is 0 Å². The van der Waals surface area contributed by atoms with Gasteiger partial charge in [0, 0.05) is 17.3 Å². The van der Waals surface area contributed by atoms with Crippen molar-refractivity contribution in [2.45, 2.75) is 6.42 Å². The fourth-order valence-corrected chi connectivity index (χ4v) is 3.41. The maximum absolute atomic E-state index is 11.9. The van der Waals surface area contributed by atoms with Crippen LogP contribution in [0.15, 0.2) is 51.1 Å². The van der Waals surface area contributed by atoms with Crippen LogP contribution in [0, 0.1) is 0 Å². The third-order valence-electron chi connectivity index (χ3n) is 3.07. The van der Waals surface area contributed by atoms with Crippen LogP contribution in [0.4, 0.5) is 0 Å². The van der Waals surface area contributed by atoms with E-state index in [4.69, 9.17) is 4.42 Å². The van der Waals surface area contributed by atoms with Crippen molar-refractivity contribution in [1.82, 2.24) is 5.32 Å². The fourth-order valence-electron chi connectivity index (χ4n) is 2.07. The van der Waals surface area contributed by atoms with Crippen LogP contribution in [0.1, 0.15) is 15.9 Å². The first-order valence-corrected chi connectivity index (χ1v) is 7.88. The Labute approximate surface area is 128 Å². The molecule has 5 heteroatoms. The number of hydrogen-bond donors (Lipinski definition) is 1. The number of thiophene rings is 1. The Kier molecular flexibility index (Phi) is 3.89. The van der Waals surface area contributed by atoms with Crippen molar-refractivity contribution in [3.8, 4) is 0 Å². The Morgan fingerprint density at radius 1 is 1.35 bits per heavy atom. The topological polar surface area (TPSA) is 42.2 Å². The van der Waals surface area contributed by atoms with Gasteiger partial charge in [-0.25, -0.2) is 0 Å². The van der Waals surface area contributed by atoms with Gasteiger partial charge in [0.25, 0.3) is 5.91 Å². The lowest BCUT2D eigenvalue weighted by Gasteiger charge is -2.03. The molecule has 3 aromatic rings. The van der Waals surface area contributed by atoms with E-state index in [0.29, 0.717) is 16.8 Å². The number of fused-ring (bicyclic) bond motifs is 1. The average Bonchev–Trinajstić information content (AvgIpc) is 3.06. The molecule has 0 saturated carbocycles. The summed E-state index contributed by atoms with van der Waals surface area (Å²) < 4.78 is 6.90. The van der Waals surface area contributed by atoms with Crippen LogP contribution in [-0.2, 0) is 6.42 Å². The third-order valence-corrected chi connectivity index (χ3v) is 4.50. The molecule has 1 aromatic carbocycles. The molecule has 2 aromatic heterocycles. The van der Waals surface area contributed by atoms with Gasteiger partial charge in [0.05, 0.1) is 5.56 Å². The highest BCUT2D eigenvalue weighted by atomic mass is 79.9. The number of carbonyl (C=O) groups is 1. The van der Waals surface area contributed by atoms with E-state index in [1.165, 1.54) is 21.9 Å². The minimum absolute atomic E-state index is 0.112. The van der Waals surface area contributed by atoms with Gasteiger partial charge in [-0.1, -0.05) is 18.2 Å². The van der Waals surface area contributed by atoms with E-state index in [-0.39, 0.29) is 5.91 Å². The Hall–Kier alpha value is -1.59. The average molecular weight is 350 g/mol. The predicted octanol–water partition coefficient (Wildman–Crippen LogP) is 4.23. The molecule has 0 aliphatic rings. The van der Waals surface area contributed by atoms with Crippen LogP contribution in [0.2, 0.25) is 0 Å². The van der Waals surface area contributed by atoms with Gasteiger partial charge in [0.15, 0.2) is 4.67 Å². The van der Waals surface area contributed by atoms with Crippen molar-refractivity contribution in [3.63, 3.8) is 0 Å². The van der Waals surface area contributed by atoms with Gasteiger partial charge >= 0.3 is 0 Å². The van der Waals surface area contributed by atoms with Crippen LogP contribution < -0.4 is 5.32 Å². The normalized spacial score (nSPS) is 10.8.